The van der Waals surface area contributed by atoms with Gasteiger partial charge in [0.05, 0.1) is 16.9 Å². The molecule has 0 amide bonds. The van der Waals surface area contributed by atoms with Crippen molar-refractivity contribution in [1.82, 2.24) is 9.97 Å². The van der Waals surface area contributed by atoms with Gasteiger partial charge in [-0.2, -0.15) is 0 Å². The Morgan fingerprint density at radius 3 is 2.67 bits per heavy atom. The maximum atomic E-state index is 6.02. The summed E-state index contributed by atoms with van der Waals surface area (Å²) >= 11 is 11.8. The fourth-order valence-electron chi connectivity index (χ4n) is 1.51. The number of allylic oxidation sites excluding steroid dienone is 4. The molecule has 1 aliphatic rings. The summed E-state index contributed by atoms with van der Waals surface area (Å²) in [6.45, 7) is 2.11. The molecule has 0 radical (unpaired) electrons. The van der Waals surface area contributed by atoms with Crippen molar-refractivity contribution in [3.8, 4) is 0 Å². The molecule has 4 heteroatoms. The molecule has 0 spiro atoms. The summed E-state index contributed by atoms with van der Waals surface area (Å²) in [5.74, 6) is 0. The van der Waals surface area contributed by atoms with Crippen molar-refractivity contribution in [3.05, 3.63) is 39.9 Å². The van der Waals surface area contributed by atoms with Gasteiger partial charge in [-0.25, -0.2) is 9.97 Å². The standard InChI is InChI=1S/C11H10Cl2N2/c1-7-2-4-8(5-3-7)10-9(12)6-14-11(13)15-10/h2,4,6H,3,5H2,1H3. The Labute approximate surface area is 98.6 Å². The highest BCUT2D eigenvalue weighted by Crippen LogP contribution is 2.29. The summed E-state index contributed by atoms with van der Waals surface area (Å²) in [6, 6.07) is 0. The lowest BCUT2D eigenvalue weighted by Crippen LogP contribution is -1.97. The molecule has 2 rings (SSSR count). The Bertz CT molecular complexity index is 450. The third kappa shape index (κ3) is 2.39. The highest BCUT2D eigenvalue weighted by Gasteiger charge is 2.11. The van der Waals surface area contributed by atoms with Crippen LogP contribution < -0.4 is 0 Å². The molecule has 2 nitrogen and oxygen atoms in total. The van der Waals surface area contributed by atoms with Crippen molar-refractivity contribution >= 4 is 28.8 Å². The molecule has 0 atom stereocenters. The molecule has 1 heterocycles. The Kier molecular flexibility index (Phi) is 3.08. The van der Waals surface area contributed by atoms with Crippen molar-refractivity contribution in [1.29, 1.82) is 0 Å². The number of rotatable bonds is 1. The third-order valence-corrected chi connectivity index (χ3v) is 2.84. The molecular formula is C11H10Cl2N2. The number of hydrogen-bond acceptors (Lipinski definition) is 2. The van der Waals surface area contributed by atoms with Gasteiger partial charge in [-0.15, -0.1) is 0 Å². The maximum Gasteiger partial charge on any atom is 0.222 e. The van der Waals surface area contributed by atoms with Crippen LogP contribution in [0.4, 0.5) is 0 Å². The van der Waals surface area contributed by atoms with Crippen LogP contribution in [0.1, 0.15) is 25.5 Å². The van der Waals surface area contributed by atoms with E-state index in [4.69, 9.17) is 23.2 Å². The second-order valence-corrected chi connectivity index (χ2v) is 4.29. The van der Waals surface area contributed by atoms with Gasteiger partial charge in [-0.3, -0.25) is 0 Å². The lowest BCUT2D eigenvalue weighted by Gasteiger charge is -2.12. The molecule has 0 saturated heterocycles. The van der Waals surface area contributed by atoms with E-state index in [9.17, 15) is 0 Å². The average Bonchev–Trinajstić information content (AvgIpc) is 2.23. The van der Waals surface area contributed by atoms with Crippen molar-refractivity contribution < 1.29 is 0 Å². The average molecular weight is 241 g/mol. The normalized spacial score (nSPS) is 15.9. The maximum absolute atomic E-state index is 6.02. The Hall–Kier alpha value is -0.860. The van der Waals surface area contributed by atoms with E-state index in [0.29, 0.717) is 5.02 Å². The number of aromatic nitrogens is 2. The van der Waals surface area contributed by atoms with Gasteiger partial charge >= 0.3 is 0 Å². The summed E-state index contributed by atoms with van der Waals surface area (Å²) in [4.78, 5) is 7.98. The van der Waals surface area contributed by atoms with Crippen molar-refractivity contribution in [2.45, 2.75) is 19.8 Å². The molecule has 0 unspecified atom stereocenters. The van der Waals surface area contributed by atoms with Crippen LogP contribution in [-0.4, -0.2) is 9.97 Å². The Morgan fingerprint density at radius 1 is 1.20 bits per heavy atom. The van der Waals surface area contributed by atoms with Gasteiger partial charge in [0.15, 0.2) is 0 Å². The summed E-state index contributed by atoms with van der Waals surface area (Å²) < 4.78 is 0. The fourth-order valence-corrected chi connectivity index (χ4v) is 1.86. The SMILES string of the molecule is CC1=CC=C(c2nc(Cl)ncc2Cl)CC1. The molecule has 0 fully saturated rings. The van der Waals surface area contributed by atoms with Gasteiger partial charge in [0.25, 0.3) is 0 Å². The highest BCUT2D eigenvalue weighted by atomic mass is 35.5. The first-order chi connectivity index (χ1) is 7.16. The van der Waals surface area contributed by atoms with E-state index < -0.39 is 0 Å². The van der Waals surface area contributed by atoms with E-state index in [2.05, 4.69) is 23.0 Å². The van der Waals surface area contributed by atoms with E-state index in [1.807, 2.05) is 6.08 Å². The molecule has 0 saturated carbocycles. The monoisotopic (exact) mass is 240 g/mol. The van der Waals surface area contributed by atoms with Crippen LogP contribution in [0.25, 0.3) is 5.57 Å². The van der Waals surface area contributed by atoms with Crippen LogP contribution in [0, 0.1) is 0 Å². The van der Waals surface area contributed by atoms with E-state index in [0.717, 1.165) is 24.1 Å². The van der Waals surface area contributed by atoms with Gasteiger partial charge < -0.3 is 0 Å². The fraction of sp³-hybridized carbons (Fsp3) is 0.273. The summed E-state index contributed by atoms with van der Waals surface area (Å²) in [5, 5.41) is 0.792. The Balaban J connectivity index is 2.42. The van der Waals surface area contributed by atoms with Crippen LogP contribution in [0.5, 0.6) is 0 Å². The van der Waals surface area contributed by atoms with Gasteiger partial charge in [0.1, 0.15) is 0 Å². The minimum Gasteiger partial charge on any atom is -0.225 e. The summed E-state index contributed by atoms with van der Waals surface area (Å²) in [7, 11) is 0. The largest absolute Gasteiger partial charge is 0.225 e. The first-order valence-corrected chi connectivity index (χ1v) is 5.47. The molecule has 0 bridgehead atoms. The molecule has 1 aliphatic carbocycles. The van der Waals surface area contributed by atoms with E-state index >= 15 is 0 Å². The quantitative estimate of drug-likeness (QED) is 0.696. The predicted molar refractivity (Wildman–Crippen MR) is 63.0 cm³/mol. The van der Waals surface area contributed by atoms with Gasteiger partial charge in [-0.05, 0) is 36.9 Å². The number of nitrogens with zero attached hydrogens (tertiary/aromatic N) is 2. The lowest BCUT2D eigenvalue weighted by molar-refractivity contribution is 0.964. The molecule has 0 aliphatic heterocycles. The van der Waals surface area contributed by atoms with Crippen LogP contribution in [0.2, 0.25) is 10.3 Å². The number of halogens is 2. The first kappa shape index (κ1) is 10.7. The lowest BCUT2D eigenvalue weighted by atomic mass is 9.97. The molecule has 1 aromatic heterocycles. The zero-order chi connectivity index (χ0) is 10.8. The topological polar surface area (TPSA) is 25.8 Å². The molecule has 15 heavy (non-hydrogen) atoms. The number of hydrogen-bond donors (Lipinski definition) is 0. The minimum absolute atomic E-state index is 0.238. The van der Waals surface area contributed by atoms with Crippen molar-refractivity contribution in [2.24, 2.45) is 0 Å². The predicted octanol–water partition coefficient (Wildman–Crippen LogP) is 3.91. The van der Waals surface area contributed by atoms with Gasteiger partial charge in [0, 0.05) is 0 Å². The van der Waals surface area contributed by atoms with Crippen LogP contribution in [0.3, 0.4) is 0 Å². The smallest absolute Gasteiger partial charge is 0.222 e. The first-order valence-electron chi connectivity index (χ1n) is 4.71. The van der Waals surface area contributed by atoms with Crippen LogP contribution in [0.15, 0.2) is 23.9 Å². The second-order valence-electron chi connectivity index (χ2n) is 3.54. The molecule has 0 aromatic carbocycles. The van der Waals surface area contributed by atoms with Crippen molar-refractivity contribution in [2.75, 3.05) is 0 Å². The molecule has 78 valence electrons. The van der Waals surface area contributed by atoms with Crippen molar-refractivity contribution in [3.63, 3.8) is 0 Å². The van der Waals surface area contributed by atoms with Crippen LogP contribution >= 0.6 is 23.2 Å². The van der Waals surface area contributed by atoms with Gasteiger partial charge in [-0.1, -0.05) is 29.3 Å². The molecule has 0 N–H and O–H groups in total. The third-order valence-electron chi connectivity index (χ3n) is 2.38. The minimum atomic E-state index is 0.238. The van der Waals surface area contributed by atoms with E-state index in [-0.39, 0.29) is 5.28 Å². The second kappa shape index (κ2) is 4.33. The zero-order valence-electron chi connectivity index (χ0n) is 8.30. The Morgan fingerprint density at radius 2 is 2.00 bits per heavy atom. The highest BCUT2D eigenvalue weighted by molar-refractivity contribution is 6.32. The van der Waals surface area contributed by atoms with Gasteiger partial charge in [0.2, 0.25) is 5.28 Å². The summed E-state index contributed by atoms with van der Waals surface area (Å²) in [6.07, 6.45) is 7.67. The van der Waals surface area contributed by atoms with E-state index in [1.54, 1.807) is 0 Å². The van der Waals surface area contributed by atoms with E-state index in [1.165, 1.54) is 11.8 Å². The van der Waals surface area contributed by atoms with Crippen LogP contribution in [-0.2, 0) is 0 Å². The summed E-state index contributed by atoms with van der Waals surface area (Å²) in [5.41, 5.74) is 3.24. The molecule has 1 aromatic rings. The molecular weight excluding hydrogens is 231 g/mol. The zero-order valence-corrected chi connectivity index (χ0v) is 9.81.